The fraction of sp³-hybridized carbons (Fsp3) is 0.286. The lowest BCUT2D eigenvalue weighted by molar-refractivity contribution is -0.137. The van der Waals surface area contributed by atoms with Crippen molar-refractivity contribution >= 4 is 23.5 Å². The van der Waals surface area contributed by atoms with Crippen LogP contribution >= 0.6 is 0 Å². The Morgan fingerprint density at radius 1 is 1.04 bits per heavy atom. The molecule has 0 spiro atoms. The van der Waals surface area contributed by atoms with Gasteiger partial charge in [0.2, 0.25) is 5.91 Å². The second-order valence-corrected chi connectivity index (χ2v) is 6.75. The first-order valence-corrected chi connectivity index (χ1v) is 9.12. The summed E-state index contributed by atoms with van der Waals surface area (Å²) in [6, 6.07) is 14.0. The van der Waals surface area contributed by atoms with Crippen molar-refractivity contribution in [3.8, 4) is 5.75 Å². The molecule has 0 radical (unpaired) electrons. The van der Waals surface area contributed by atoms with Crippen molar-refractivity contribution < 1.29 is 24.2 Å². The topological polar surface area (TPSA) is 105 Å². The zero-order valence-corrected chi connectivity index (χ0v) is 15.3. The monoisotopic (exact) mass is 382 g/mol. The highest BCUT2D eigenvalue weighted by Crippen LogP contribution is 2.30. The van der Waals surface area contributed by atoms with Crippen LogP contribution in [0.15, 0.2) is 48.5 Å². The van der Waals surface area contributed by atoms with E-state index < -0.39 is 12.5 Å². The fourth-order valence-corrected chi connectivity index (χ4v) is 2.60. The number of carbonyl (C=O) groups is 3. The molecule has 146 valence electrons. The van der Waals surface area contributed by atoms with E-state index >= 15 is 0 Å². The van der Waals surface area contributed by atoms with Crippen molar-refractivity contribution in [2.75, 3.05) is 18.5 Å². The smallest absolute Gasteiger partial charge is 0.322 e. The van der Waals surface area contributed by atoms with E-state index in [0.717, 1.165) is 0 Å². The van der Waals surface area contributed by atoms with Gasteiger partial charge in [0, 0.05) is 5.69 Å². The van der Waals surface area contributed by atoms with Gasteiger partial charge in [-0.05, 0) is 48.6 Å². The van der Waals surface area contributed by atoms with E-state index in [1.165, 1.54) is 12.8 Å². The minimum absolute atomic E-state index is 0.0688. The lowest BCUT2D eigenvalue weighted by Crippen LogP contribution is -2.30. The number of carboxylic acids is 1. The number of nitrogens with one attached hydrogen (secondary N) is 2. The SMILES string of the molecule is O=C(O)CNC(=O)Cc1ccc(NC(=O)c2ccccc2OCC2CC2)cc1. The van der Waals surface area contributed by atoms with Crippen LogP contribution in [0.3, 0.4) is 0 Å². The fourth-order valence-electron chi connectivity index (χ4n) is 2.60. The lowest BCUT2D eigenvalue weighted by Gasteiger charge is -2.12. The molecule has 0 aromatic heterocycles. The summed E-state index contributed by atoms with van der Waals surface area (Å²) >= 11 is 0. The quantitative estimate of drug-likeness (QED) is 0.618. The number of amides is 2. The molecule has 0 aliphatic heterocycles. The van der Waals surface area contributed by atoms with Gasteiger partial charge in [-0.1, -0.05) is 24.3 Å². The van der Waals surface area contributed by atoms with Crippen LogP contribution in [0.25, 0.3) is 0 Å². The molecule has 7 heteroatoms. The first kappa shape index (κ1) is 19.4. The minimum atomic E-state index is -1.09. The maximum absolute atomic E-state index is 12.6. The molecule has 0 unspecified atom stereocenters. The van der Waals surface area contributed by atoms with Gasteiger partial charge in [0.25, 0.3) is 5.91 Å². The summed E-state index contributed by atoms with van der Waals surface area (Å²) in [6.45, 7) is 0.220. The zero-order valence-electron chi connectivity index (χ0n) is 15.3. The van der Waals surface area contributed by atoms with Crippen molar-refractivity contribution in [1.82, 2.24) is 5.32 Å². The molecule has 2 amide bonds. The average Bonchev–Trinajstić information content (AvgIpc) is 3.51. The maximum Gasteiger partial charge on any atom is 0.322 e. The second kappa shape index (κ2) is 9.03. The van der Waals surface area contributed by atoms with Crippen LogP contribution in [-0.2, 0) is 16.0 Å². The number of carboxylic acid groups (broad SMARTS) is 1. The number of aliphatic carboxylic acids is 1. The predicted molar refractivity (Wildman–Crippen MR) is 103 cm³/mol. The summed E-state index contributed by atoms with van der Waals surface area (Å²) in [5.74, 6) is -0.568. The van der Waals surface area contributed by atoms with E-state index in [2.05, 4.69) is 10.6 Å². The molecule has 7 nitrogen and oxygen atoms in total. The molecule has 0 saturated heterocycles. The normalized spacial score (nSPS) is 12.9. The average molecular weight is 382 g/mol. The Morgan fingerprint density at radius 3 is 2.43 bits per heavy atom. The van der Waals surface area contributed by atoms with Crippen LogP contribution in [0.2, 0.25) is 0 Å². The van der Waals surface area contributed by atoms with Gasteiger partial charge in [0.1, 0.15) is 12.3 Å². The highest BCUT2D eigenvalue weighted by Gasteiger charge is 2.23. The molecule has 0 heterocycles. The Bertz CT molecular complexity index is 859. The molecule has 2 aromatic carbocycles. The molecule has 28 heavy (non-hydrogen) atoms. The molecule has 0 atom stereocenters. The number of hydrogen-bond donors (Lipinski definition) is 3. The lowest BCUT2D eigenvalue weighted by atomic mass is 10.1. The van der Waals surface area contributed by atoms with Gasteiger partial charge in [-0.2, -0.15) is 0 Å². The number of carbonyl (C=O) groups excluding carboxylic acids is 2. The zero-order chi connectivity index (χ0) is 19.9. The number of rotatable bonds is 9. The van der Waals surface area contributed by atoms with E-state index in [0.29, 0.717) is 35.1 Å². The van der Waals surface area contributed by atoms with Gasteiger partial charge in [-0.25, -0.2) is 0 Å². The molecular weight excluding hydrogens is 360 g/mol. The number of benzene rings is 2. The molecule has 2 aromatic rings. The number of anilines is 1. The van der Waals surface area contributed by atoms with Crippen molar-refractivity contribution in [3.05, 3.63) is 59.7 Å². The predicted octanol–water partition coefficient (Wildman–Crippen LogP) is 2.47. The summed E-state index contributed by atoms with van der Waals surface area (Å²) in [5, 5.41) is 13.7. The molecule has 0 bridgehead atoms. The van der Waals surface area contributed by atoms with Gasteiger partial charge in [0.05, 0.1) is 18.6 Å². The van der Waals surface area contributed by atoms with Crippen LogP contribution in [0.1, 0.15) is 28.8 Å². The second-order valence-electron chi connectivity index (χ2n) is 6.75. The van der Waals surface area contributed by atoms with Gasteiger partial charge < -0.3 is 20.5 Å². The number of hydrogen-bond acceptors (Lipinski definition) is 4. The molecular formula is C21H22N2O5. The first-order chi connectivity index (χ1) is 13.5. The number of para-hydroxylation sites is 1. The van der Waals surface area contributed by atoms with E-state index in [1.54, 1.807) is 42.5 Å². The largest absolute Gasteiger partial charge is 0.492 e. The van der Waals surface area contributed by atoms with Crippen molar-refractivity contribution in [2.45, 2.75) is 19.3 Å². The van der Waals surface area contributed by atoms with Crippen LogP contribution in [0.4, 0.5) is 5.69 Å². The Hall–Kier alpha value is -3.35. The third-order valence-electron chi connectivity index (χ3n) is 4.32. The Balaban J connectivity index is 1.57. The molecule has 1 fully saturated rings. The molecule has 1 aliphatic rings. The molecule has 1 aliphatic carbocycles. The summed E-state index contributed by atoms with van der Waals surface area (Å²) in [5.41, 5.74) is 1.78. The highest BCUT2D eigenvalue weighted by molar-refractivity contribution is 6.06. The summed E-state index contributed by atoms with van der Waals surface area (Å²) in [6.07, 6.45) is 2.42. The van der Waals surface area contributed by atoms with Crippen molar-refractivity contribution in [1.29, 1.82) is 0 Å². The summed E-state index contributed by atoms with van der Waals surface area (Å²) < 4.78 is 5.78. The standard InChI is InChI=1S/C21H22N2O5/c24-19(22-12-20(25)26)11-14-7-9-16(10-8-14)23-21(27)17-3-1-2-4-18(17)28-13-15-5-6-15/h1-4,7-10,15H,5-6,11-13H2,(H,22,24)(H,23,27)(H,25,26). The van der Waals surface area contributed by atoms with E-state index in [-0.39, 0.29) is 18.2 Å². The summed E-state index contributed by atoms with van der Waals surface area (Å²) in [7, 11) is 0. The maximum atomic E-state index is 12.6. The van der Waals surface area contributed by atoms with E-state index in [1.807, 2.05) is 6.07 Å². The van der Waals surface area contributed by atoms with Gasteiger partial charge >= 0.3 is 5.97 Å². The van der Waals surface area contributed by atoms with Crippen LogP contribution in [-0.4, -0.2) is 36.0 Å². The van der Waals surface area contributed by atoms with Crippen LogP contribution in [0.5, 0.6) is 5.75 Å². The third kappa shape index (κ3) is 5.84. The van der Waals surface area contributed by atoms with E-state index in [4.69, 9.17) is 9.84 Å². The van der Waals surface area contributed by atoms with Gasteiger partial charge in [-0.3, -0.25) is 14.4 Å². The number of ether oxygens (including phenoxy) is 1. The summed E-state index contributed by atoms with van der Waals surface area (Å²) in [4.78, 5) is 34.7. The molecule has 1 saturated carbocycles. The van der Waals surface area contributed by atoms with Crippen molar-refractivity contribution in [3.63, 3.8) is 0 Å². The highest BCUT2D eigenvalue weighted by atomic mass is 16.5. The van der Waals surface area contributed by atoms with Crippen molar-refractivity contribution in [2.24, 2.45) is 5.92 Å². The molecule has 3 rings (SSSR count). The van der Waals surface area contributed by atoms with Gasteiger partial charge in [0.15, 0.2) is 0 Å². The Kier molecular flexibility index (Phi) is 6.26. The third-order valence-corrected chi connectivity index (χ3v) is 4.32. The Labute approximate surface area is 162 Å². The van der Waals surface area contributed by atoms with Crippen LogP contribution in [0, 0.1) is 5.92 Å². The molecule has 3 N–H and O–H groups in total. The minimum Gasteiger partial charge on any atom is -0.492 e. The Morgan fingerprint density at radius 2 is 1.75 bits per heavy atom. The van der Waals surface area contributed by atoms with Gasteiger partial charge in [-0.15, -0.1) is 0 Å². The van der Waals surface area contributed by atoms with E-state index in [9.17, 15) is 14.4 Å². The van der Waals surface area contributed by atoms with Crippen LogP contribution < -0.4 is 15.4 Å². The first-order valence-electron chi connectivity index (χ1n) is 9.12.